The number of aryl methyl sites for hydroxylation is 1. The lowest BCUT2D eigenvalue weighted by atomic mass is 10.2. The van der Waals surface area contributed by atoms with Crippen molar-refractivity contribution in [1.29, 1.82) is 0 Å². The third kappa shape index (κ3) is 5.11. The zero-order valence-electron chi connectivity index (χ0n) is 14.6. The van der Waals surface area contributed by atoms with E-state index in [-0.39, 0.29) is 19.0 Å². The number of rotatable bonds is 8. The monoisotopic (exact) mass is 347 g/mol. The number of aliphatic hydroxyl groups excluding tert-OH is 1. The van der Waals surface area contributed by atoms with Crippen LogP contribution in [0.2, 0.25) is 0 Å². The Morgan fingerprint density at radius 2 is 2.24 bits per heavy atom. The summed E-state index contributed by atoms with van der Waals surface area (Å²) in [5.41, 5.74) is 1.67. The Morgan fingerprint density at radius 1 is 1.40 bits per heavy atom. The van der Waals surface area contributed by atoms with Gasteiger partial charge in [-0.05, 0) is 37.9 Å². The van der Waals surface area contributed by atoms with Gasteiger partial charge in [0.2, 0.25) is 0 Å². The molecule has 0 radical (unpaired) electrons. The van der Waals surface area contributed by atoms with Crippen molar-refractivity contribution in [2.75, 3.05) is 19.7 Å². The van der Waals surface area contributed by atoms with Crippen LogP contribution < -0.4 is 0 Å². The fraction of sp³-hybridized carbons (Fsp3) is 0.526. The van der Waals surface area contributed by atoms with Gasteiger partial charge in [-0.3, -0.25) is 9.58 Å². The average Bonchev–Trinajstić information content (AvgIpc) is 3.19. The van der Waals surface area contributed by atoms with Gasteiger partial charge in [0.05, 0.1) is 32.1 Å². The lowest BCUT2D eigenvalue weighted by molar-refractivity contribution is 0.00595. The van der Waals surface area contributed by atoms with Gasteiger partial charge in [0.1, 0.15) is 5.82 Å². The SMILES string of the molecule is Cc1cnn(C[C@H]2CCCN2C[C@H](O)COCc2ccccc2F)c1. The van der Waals surface area contributed by atoms with E-state index in [1.54, 1.807) is 18.2 Å². The number of nitrogens with zero attached hydrogens (tertiary/aromatic N) is 3. The molecule has 1 fully saturated rings. The fourth-order valence-corrected chi connectivity index (χ4v) is 3.37. The van der Waals surface area contributed by atoms with Gasteiger partial charge in [0, 0.05) is 24.3 Å². The fourth-order valence-electron chi connectivity index (χ4n) is 3.37. The van der Waals surface area contributed by atoms with Crippen molar-refractivity contribution < 1.29 is 14.2 Å². The second-order valence-electron chi connectivity index (χ2n) is 6.79. The van der Waals surface area contributed by atoms with Gasteiger partial charge >= 0.3 is 0 Å². The molecule has 5 nitrogen and oxygen atoms in total. The van der Waals surface area contributed by atoms with Crippen LogP contribution in [-0.2, 0) is 17.9 Å². The van der Waals surface area contributed by atoms with Crippen LogP contribution in [0, 0.1) is 12.7 Å². The maximum atomic E-state index is 13.5. The summed E-state index contributed by atoms with van der Waals surface area (Å²) in [5.74, 6) is -0.272. The van der Waals surface area contributed by atoms with E-state index in [9.17, 15) is 9.50 Å². The Morgan fingerprint density at radius 3 is 3.00 bits per heavy atom. The van der Waals surface area contributed by atoms with Gasteiger partial charge in [0.15, 0.2) is 0 Å². The summed E-state index contributed by atoms with van der Waals surface area (Å²) in [4.78, 5) is 2.30. The highest BCUT2D eigenvalue weighted by Gasteiger charge is 2.26. The van der Waals surface area contributed by atoms with Crippen LogP contribution in [0.15, 0.2) is 36.7 Å². The van der Waals surface area contributed by atoms with Crippen LogP contribution in [-0.4, -0.2) is 51.6 Å². The predicted molar refractivity (Wildman–Crippen MR) is 93.6 cm³/mol. The highest BCUT2D eigenvalue weighted by molar-refractivity contribution is 5.16. The zero-order valence-corrected chi connectivity index (χ0v) is 14.6. The summed E-state index contributed by atoms with van der Waals surface area (Å²) in [6.45, 7) is 4.82. The molecule has 1 aromatic heterocycles. The molecule has 2 atom stereocenters. The van der Waals surface area contributed by atoms with Gasteiger partial charge in [-0.2, -0.15) is 5.10 Å². The van der Waals surface area contributed by atoms with Crippen LogP contribution in [0.4, 0.5) is 4.39 Å². The Labute approximate surface area is 148 Å². The molecule has 136 valence electrons. The smallest absolute Gasteiger partial charge is 0.128 e. The molecular weight excluding hydrogens is 321 g/mol. The van der Waals surface area contributed by atoms with Gasteiger partial charge in [-0.25, -0.2) is 4.39 Å². The number of β-amino-alcohol motifs (C(OH)–C–C–N with tert-alkyl or cyclic N) is 1. The maximum absolute atomic E-state index is 13.5. The molecule has 1 saturated heterocycles. The van der Waals surface area contributed by atoms with Crippen molar-refractivity contribution in [2.24, 2.45) is 0 Å². The minimum Gasteiger partial charge on any atom is -0.389 e. The second-order valence-corrected chi connectivity index (χ2v) is 6.79. The molecule has 0 saturated carbocycles. The van der Waals surface area contributed by atoms with Crippen LogP contribution in [0.3, 0.4) is 0 Å². The van der Waals surface area contributed by atoms with E-state index in [1.165, 1.54) is 6.07 Å². The molecule has 3 rings (SSSR count). The lowest BCUT2D eigenvalue weighted by Crippen LogP contribution is -2.40. The molecule has 0 spiro atoms. The molecule has 0 unspecified atom stereocenters. The van der Waals surface area contributed by atoms with Crippen molar-refractivity contribution in [3.63, 3.8) is 0 Å². The molecule has 1 aliphatic heterocycles. The quantitative estimate of drug-likeness (QED) is 0.797. The summed E-state index contributed by atoms with van der Waals surface area (Å²) in [6.07, 6.45) is 5.58. The molecule has 0 amide bonds. The number of benzene rings is 1. The first kappa shape index (κ1) is 18.0. The van der Waals surface area contributed by atoms with Crippen molar-refractivity contribution in [3.05, 3.63) is 53.6 Å². The number of halogens is 1. The molecule has 1 N–H and O–H groups in total. The third-order valence-corrected chi connectivity index (χ3v) is 4.63. The normalized spacial score (nSPS) is 19.4. The first-order valence-corrected chi connectivity index (χ1v) is 8.84. The van der Waals surface area contributed by atoms with E-state index in [0.29, 0.717) is 18.2 Å². The average molecular weight is 347 g/mol. The highest BCUT2D eigenvalue weighted by atomic mass is 19.1. The zero-order chi connectivity index (χ0) is 17.6. The van der Waals surface area contributed by atoms with Crippen LogP contribution in [0.25, 0.3) is 0 Å². The Bertz CT molecular complexity index is 676. The van der Waals surface area contributed by atoms with Gasteiger partial charge < -0.3 is 9.84 Å². The van der Waals surface area contributed by atoms with E-state index in [4.69, 9.17) is 4.74 Å². The molecular formula is C19H26FN3O2. The molecule has 1 aromatic carbocycles. The van der Waals surface area contributed by atoms with Crippen molar-refractivity contribution in [3.8, 4) is 0 Å². The molecule has 2 aromatic rings. The molecule has 0 bridgehead atoms. The van der Waals surface area contributed by atoms with Gasteiger partial charge in [0.25, 0.3) is 0 Å². The minimum atomic E-state index is -0.577. The van der Waals surface area contributed by atoms with Gasteiger partial charge in [-0.15, -0.1) is 0 Å². The maximum Gasteiger partial charge on any atom is 0.128 e. The Balaban J connectivity index is 1.43. The predicted octanol–water partition coefficient (Wildman–Crippen LogP) is 2.37. The summed E-state index contributed by atoms with van der Waals surface area (Å²) in [5, 5.41) is 14.6. The third-order valence-electron chi connectivity index (χ3n) is 4.63. The van der Waals surface area contributed by atoms with Crippen LogP contribution in [0.1, 0.15) is 24.0 Å². The standard InChI is InChI=1S/C19H26FN3O2/c1-15-9-21-23(10-15)11-17-6-4-8-22(17)12-18(24)14-25-13-16-5-2-3-7-19(16)20/h2-3,5,7,9-10,17-18,24H,4,6,8,11-14H2,1H3/t17-,18+/m1/s1. The summed E-state index contributed by atoms with van der Waals surface area (Å²) < 4.78 is 21.0. The van der Waals surface area contributed by atoms with E-state index in [0.717, 1.165) is 31.5 Å². The Kier molecular flexibility index (Phi) is 6.18. The number of hydrogen-bond donors (Lipinski definition) is 1. The number of aromatic nitrogens is 2. The second kappa shape index (κ2) is 8.56. The summed E-state index contributed by atoms with van der Waals surface area (Å²) in [7, 11) is 0. The number of ether oxygens (including phenoxy) is 1. The first-order valence-electron chi connectivity index (χ1n) is 8.84. The van der Waals surface area contributed by atoms with Crippen molar-refractivity contribution in [1.82, 2.24) is 14.7 Å². The van der Waals surface area contributed by atoms with Crippen LogP contribution in [0.5, 0.6) is 0 Å². The van der Waals surface area contributed by atoms with E-state index in [1.807, 2.05) is 24.0 Å². The summed E-state index contributed by atoms with van der Waals surface area (Å²) >= 11 is 0. The lowest BCUT2D eigenvalue weighted by Gasteiger charge is -2.26. The number of likely N-dealkylation sites (tertiary alicyclic amines) is 1. The molecule has 0 aliphatic carbocycles. The Hall–Kier alpha value is -1.76. The number of aliphatic hydroxyl groups is 1. The number of hydrogen-bond acceptors (Lipinski definition) is 4. The molecule has 1 aliphatic rings. The molecule has 25 heavy (non-hydrogen) atoms. The van der Waals surface area contributed by atoms with E-state index in [2.05, 4.69) is 10.00 Å². The first-order chi connectivity index (χ1) is 12.1. The van der Waals surface area contributed by atoms with Crippen molar-refractivity contribution >= 4 is 0 Å². The minimum absolute atomic E-state index is 0.180. The molecule has 2 heterocycles. The van der Waals surface area contributed by atoms with Crippen LogP contribution >= 0.6 is 0 Å². The summed E-state index contributed by atoms with van der Waals surface area (Å²) in [6, 6.07) is 6.94. The van der Waals surface area contributed by atoms with E-state index < -0.39 is 6.10 Å². The largest absolute Gasteiger partial charge is 0.389 e. The van der Waals surface area contributed by atoms with Crippen molar-refractivity contribution in [2.45, 2.75) is 45.1 Å². The molecule has 6 heteroatoms. The highest BCUT2D eigenvalue weighted by Crippen LogP contribution is 2.19. The van der Waals surface area contributed by atoms with E-state index >= 15 is 0 Å². The topological polar surface area (TPSA) is 50.5 Å². The van der Waals surface area contributed by atoms with Gasteiger partial charge in [-0.1, -0.05) is 18.2 Å².